The molecule has 19 heavy (non-hydrogen) atoms. The lowest BCUT2D eigenvalue weighted by atomic mass is 10.0. The molecule has 0 aliphatic carbocycles. The van der Waals surface area contributed by atoms with Crippen LogP contribution in [0.2, 0.25) is 5.02 Å². The molecule has 2 rings (SSSR count). The van der Waals surface area contributed by atoms with Crippen LogP contribution in [-0.4, -0.2) is 0 Å². The van der Waals surface area contributed by atoms with E-state index in [-0.39, 0.29) is 36.5 Å². The third-order valence-corrected chi connectivity index (χ3v) is 4.46. The predicted molar refractivity (Wildman–Crippen MR) is 81.0 cm³/mol. The Morgan fingerprint density at radius 2 is 1.47 bits per heavy atom. The molecule has 0 spiro atoms. The van der Waals surface area contributed by atoms with Crippen LogP contribution in [0, 0.1) is 11.6 Å². The van der Waals surface area contributed by atoms with Crippen molar-refractivity contribution in [2.75, 3.05) is 11.5 Å². The monoisotopic (exact) mass is 410 g/mol. The molecule has 0 aliphatic rings. The number of rotatable bonds is 1. The highest BCUT2D eigenvalue weighted by atomic mass is 79.9. The largest absolute Gasteiger partial charge is 0.397 e. The summed E-state index contributed by atoms with van der Waals surface area (Å²) in [6, 6.07) is 3.80. The Kier molecular flexibility index (Phi) is 4.03. The van der Waals surface area contributed by atoms with Crippen molar-refractivity contribution in [1.82, 2.24) is 0 Å². The van der Waals surface area contributed by atoms with E-state index >= 15 is 0 Å². The quantitative estimate of drug-likeness (QED) is 0.513. The van der Waals surface area contributed by atoms with E-state index in [1.165, 1.54) is 12.1 Å². The van der Waals surface area contributed by atoms with Crippen molar-refractivity contribution < 1.29 is 8.78 Å². The Balaban J connectivity index is 2.91. The molecule has 0 atom stereocenters. The molecule has 0 fully saturated rings. The third-order valence-electron chi connectivity index (χ3n) is 2.59. The zero-order valence-corrected chi connectivity index (χ0v) is 13.2. The van der Waals surface area contributed by atoms with Crippen molar-refractivity contribution in [1.29, 1.82) is 0 Å². The molecule has 0 heterocycles. The molecular formula is C12H7Br2ClF2N2. The molecule has 0 bridgehead atoms. The van der Waals surface area contributed by atoms with Crippen LogP contribution in [0.4, 0.5) is 20.2 Å². The Bertz CT molecular complexity index is 651. The maximum absolute atomic E-state index is 13.6. The van der Waals surface area contributed by atoms with Gasteiger partial charge in [0.2, 0.25) is 0 Å². The maximum atomic E-state index is 13.6. The predicted octanol–water partition coefficient (Wildman–Crippen LogP) is 4.97. The number of nitrogen functional groups attached to an aromatic ring is 2. The van der Waals surface area contributed by atoms with E-state index in [4.69, 9.17) is 23.1 Å². The van der Waals surface area contributed by atoms with Gasteiger partial charge in [0.15, 0.2) is 0 Å². The van der Waals surface area contributed by atoms with Gasteiger partial charge in [0.1, 0.15) is 11.6 Å². The Labute approximate surface area is 130 Å². The summed E-state index contributed by atoms with van der Waals surface area (Å²) in [4.78, 5) is 0. The second kappa shape index (κ2) is 5.26. The minimum Gasteiger partial charge on any atom is -0.397 e. The van der Waals surface area contributed by atoms with Gasteiger partial charge in [-0.05, 0) is 44.0 Å². The van der Waals surface area contributed by atoms with E-state index in [1.807, 2.05) is 0 Å². The highest BCUT2D eigenvalue weighted by Crippen LogP contribution is 2.45. The average molecular weight is 412 g/mol. The molecule has 0 saturated carbocycles. The topological polar surface area (TPSA) is 52.0 Å². The number of benzene rings is 2. The molecule has 2 nitrogen and oxygen atoms in total. The van der Waals surface area contributed by atoms with Gasteiger partial charge in [0.25, 0.3) is 0 Å². The molecule has 0 saturated heterocycles. The van der Waals surface area contributed by atoms with Crippen molar-refractivity contribution in [2.24, 2.45) is 0 Å². The molecule has 2 aromatic carbocycles. The van der Waals surface area contributed by atoms with Gasteiger partial charge < -0.3 is 11.5 Å². The average Bonchev–Trinajstić information content (AvgIpc) is 2.36. The Hall–Kier alpha value is -0.850. The van der Waals surface area contributed by atoms with Gasteiger partial charge in [-0.15, -0.1) is 0 Å². The first-order valence-electron chi connectivity index (χ1n) is 5.01. The van der Waals surface area contributed by atoms with Gasteiger partial charge in [0, 0.05) is 17.2 Å². The number of hydrogen-bond acceptors (Lipinski definition) is 2. The second-order valence-electron chi connectivity index (χ2n) is 3.77. The molecule has 0 aromatic heterocycles. The summed E-state index contributed by atoms with van der Waals surface area (Å²) in [5, 5.41) is 0.248. The van der Waals surface area contributed by atoms with Crippen molar-refractivity contribution in [3.8, 4) is 11.1 Å². The number of anilines is 2. The number of nitrogens with two attached hydrogens (primary N) is 2. The first kappa shape index (κ1) is 14.6. The lowest BCUT2D eigenvalue weighted by Gasteiger charge is -2.15. The number of hydrogen-bond donors (Lipinski definition) is 2. The zero-order valence-electron chi connectivity index (χ0n) is 9.28. The van der Waals surface area contributed by atoms with Crippen LogP contribution >= 0.6 is 43.5 Å². The third kappa shape index (κ3) is 2.44. The molecular weight excluding hydrogens is 405 g/mol. The molecule has 100 valence electrons. The zero-order chi connectivity index (χ0) is 14.3. The fourth-order valence-corrected chi connectivity index (χ4v) is 3.20. The summed E-state index contributed by atoms with van der Waals surface area (Å²) in [5.41, 5.74) is 12.5. The van der Waals surface area contributed by atoms with E-state index in [0.29, 0.717) is 0 Å². The fraction of sp³-hybridized carbons (Fsp3) is 0. The van der Waals surface area contributed by atoms with Crippen molar-refractivity contribution in [3.63, 3.8) is 0 Å². The van der Waals surface area contributed by atoms with Crippen LogP contribution in [-0.2, 0) is 0 Å². The minimum absolute atomic E-state index is 0.0555. The smallest absolute Gasteiger partial charge is 0.141 e. The van der Waals surface area contributed by atoms with Gasteiger partial charge >= 0.3 is 0 Å². The molecule has 2 aromatic rings. The van der Waals surface area contributed by atoms with Crippen molar-refractivity contribution >= 4 is 54.8 Å². The van der Waals surface area contributed by atoms with Gasteiger partial charge in [0.05, 0.1) is 25.3 Å². The Morgan fingerprint density at radius 1 is 0.947 bits per heavy atom. The van der Waals surface area contributed by atoms with Gasteiger partial charge in [-0.3, -0.25) is 0 Å². The number of halogens is 5. The molecule has 0 radical (unpaired) electrons. The van der Waals surface area contributed by atoms with Crippen LogP contribution < -0.4 is 11.5 Å². The summed E-state index contributed by atoms with van der Waals surface area (Å²) >= 11 is 12.2. The summed E-state index contributed by atoms with van der Waals surface area (Å²) in [5.74, 6) is -1.51. The highest BCUT2D eigenvalue weighted by Gasteiger charge is 2.21. The van der Waals surface area contributed by atoms with Gasteiger partial charge in [-0.1, -0.05) is 11.6 Å². The summed E-state index contributed by atoms with van der Waals surface area (Å²) in [6.45, 7) is 0. The fourth-order valence-electron chi connectivity index (χ4n) is 1.66. The van der Waals surface area contributed by atoms with E-state index in [1.54, 1.807) is 0 Å². The maximum Gasteiger partial charge on any atom is 0.141 e. The SMILES string of the molecule is Nc1ccc(Cl)c(-c2c(Br)c(F)cc(F)c2Br)c1N. The summed E-state index contributed by atoms with van der Waals surface area (Å²) in [6.07, 6.45) is 0. The first-order chi connectivity index (χ1) is 8.84. The van der Waals surface area contributed by atoms with Crippen molar-refractivity contribution in [2.45, 2.75) is 0 Å². The van der Waals surface area contributed by atoms with Crippen LogP contribution in [0.15, 0.2) is 27.1 Å². The molecule has 0 amide bonds. The molecule has 0 unspecified atom stereocenters. The first-order valence-corrected chi connectivity index (χ1v) is 6.97. The standard InChI is InChI=1S/C12H7Br2ClF2N2/c13-10-5(16)3-6(17)11(14)9(10)8-4(15)1-2-7(18)12(8)19/h1-3H,18-19H2. The molecule has 7 heteroatoms. The normalized spacial score (nSPS) is 10.8. The lowest BCUT2D eigenvalue weighted by Crippen LogP contribution is -2.00. The highest BCUT2D eigenvalue weighted by molar-refractivity contribution is 9.11. The van der Waals surface area contributed by atoms with Crippen LogP contribution in [0.5, 0.6) is 0 Å². The van der Waals surface area contributed by atoms with E-state index < -0.39 is 11.6 Å². The minimum atomic E-state index is -0.756. The summed E-state index contributed by atoms with van der Waals surface area (Å²) < 4.78 is 27.4. The second-order valence-corrected chi connectivity index (χ2v) is 5.76. The van der Waals surface area contributed by atoms with E-state index in [0.717, 1.165) is 6.07 Å². The van der Waals surface area contributed by atoms with Gasteiger partial charge in [-0.2, -0.15) is 0 Å². The lowest BCUT2D eigenvalue weighted by molar-refractivity contribution is 0.576. The van der Waals surface area contributed by atoms with Crippen LogP contribution in [0.1, 0.15) is 0 Å². The van der Waals surface area contributed by atoms with Crippen LogP contribution in [0.25, 0.3) is 11.1 Å². The van der Waals surface area contributed by atoms with Crippen molar-refractivity contribution in [3.05, 3.63) is 43.8 Å². The molecule has 0 aliphatic heterocycles. The summed E-state index contributed by atoms with van der Waals surface area (Å²) in [7, 11) is 0. The van der Waals surface area contributed by atoms with E-state index in [2.05, 4.69) is 31.9 Å². The van der Waals surface area contributed by atoms with Crippen LogP contribution in [0.3, 0.4) is 0 Å². The van der Waals surface area contributed by atoms with E-state index in [9.17, 15) is 8.78 Å². The molecule has 4 N–H and O–H groups in total. The Morgan fingerprint density at radius 3 is 2.00 bits per heavy atom. The van der Waals surface area contributed by atoms with Gasteiger partial charge in [-0.25, -0.2) is 8.78 Å².